The Balaban J connectivity index is 2.79. The number of nitrogens with two attached hydrogens (primary N) is 1. The fraction of sp³-hybridized carbons (Fsp3) is 0.500. The van der Waals surface area contributed by atoms with E-state index in [-0.39, 0.29) is 5.97 Å². The van der Waals surface area contributed by atoms with Gasteiger partial charge < -0.3 is 15.2 Å². The van der Waals surface area contributed by atoms with Crippen molar-refractivity contribution in [3.63, 3.8) is 0 Å². The lowest BCUT2D eigenvalue weighted by Gasteiger charge is -2.18. The van der Waals surface area contributed by atoms with Gasteiger partial charge in [-0.05, 0) is 19.4 Å². The van der Waals surface area contributed by atoms with Crippen LogP contribution >= 0.6 is 0 Å². The van der Waals surface area contributed by atoms with Crippen molar-refractivity contribution in [2.24, 2.45) is 5.73 Å². The number of hydrogen-bond acceptors (Lipinski definition) is 4. The summed E-state index contributed by atoms with van der Waals surface area (Å²) in [4.78, 5) is 11.8. The van der Waals surface area contributed by atoms with Crippen LogP contribution in [-0.2, 0) is 16.1 Å². The molecular formula is C14H21NO3. The molecule has 1 aromatic carbocycles. The van der Waals surface area contributed by atoms with Gasteiger partial charge in [-0.3, -0.25) is 0 Å². The molecule has 0 spiro atoms. The molecule has 0 fully saturated rings. The van der Waals surface area contributed by atoms with Gasteiger partial charge in [-0.15, -0.1) is 0 Å². The second-order valence-corrected chi connectivity index (χ2v) is 3.96. The largest absolute Gasteiger partial charge is 0.478 e. The lowest BCUT2D eigenvalue weighted by atomic mass is 10.1. The quantitative estimate of drug-likeness (QED) is 0.755. The lowest BCUT2D eigenvalue weighted by molar-refractivity contribution is -0.151. The van der Waals surface area contributed by atoms with E-state index in [1.165, 1.54) is 0 Å². The van der Waals surface area contributed by atoms with E-state index >= 15 is 0 Å². The highest BCUT2D eigenvalue weighted by atomic mass is 16.6. The normalized spacial score (nSPS) is 11.9. The Labute approximate surface area is 108 Å². The Morgan fingerprint density at radius 1 is 1.33 bits per heavy atom. The molecule has 0 saturated heterocycles. The molecule has 18 heavy (non-hydrogen) atoms. The van der Waals surface area contributed by atoms with Crippen LogP contribution in [0.2, 0.25) is 0 Å². The third-order valence-corrected chi connectivity index (χ3v) is 2.56. The van der Waals surface area contributed by atoms with E-state index in [0.717, 1.165) is 12.0 Å². The molecule has 1 rings (SSSR count). The second-order valence-electron chi connectivity index (χ2n) is 3.96. The van der Waals surface area contributed by atoms with E-state index in [1.807, 2.05) is 31.2 Å². The van der Waals surface area contributed by atoms with Crippen LogP contribution in [0.4, 0.5) is 0 Å². The molecule has 1 unspecified atom stereocenters. The third-order valence-electron chi connectivity index (χ3n) is 2.56. The second kappa shape index (κ2) is 7.71. The van der Waals surface area contributed by atoms with Crippen molar-refractivity contribution in [1.29, 1.82) is 0 Å². The smallest absolute Gasteiger partial charge is 0.347 e. The van der Waals surface area contributed by atoms with E-state index in [9.17, 15) is 4.79 Å². The first kappa shape index (κ1) is 14.5. The Morgan fingerprint density at radius 2 is 2.06 bits per heavy atom. The van der Waals surface area contributed by atoms with Gasteiger partial charge in [-0.2, -0.15) is 0 Å². The summed E-state index contributed by atoms with van der Waals surface area (Å²) < 4.78 is 10.7. The molecule has 100 valence electrons. The van der Waals surface area contributed by atoms with Crippen molar-refractivity contribution >= 4 is 5.97 Å². The summed E-state index contributed by atoms with van der Waals surface area (Å²) in [6.07, 6.45) is 0.939. The van der Waals surface area contributed by atoms with Crippen LogP contribution in [0.3, 0.4) is 0 Å². The van der Waals surface area contributed by atoms with Gasteiger partial charge in [-0.1, -0.05) is 31.5 Å². The van der Waals surface area contributed by atoms with Crippen molar-refractivity contribution < 1.29 is 14.3 Å². The molecule has 0 aliphatic rings. The summed E-state index contributed by atoms with van der Waals surface area (Å²) >= 11 is 0. The van der Waals surface area contributed by atoms with Gasteiger partial charge in [0.15, 0.2) is 6.10 Å². The Morgan fingerprint density at radius 3 is 2.67 bits per heavy atom. The monoisotopic (exact) mass is 251 g/mol. The summed E-state index contributed by atoms with van der Waals surface area (Å²) in [5, 5.41) is 0. The molecule has 0 bridgehead atoms. The van der Waals surface area contributed by atoms with Crippen molar-refractivity contribution in [1.82, 2.24) is 0 Å². The van der Waals surface area contributed by atoms with E-state index in [1.54, 1.807) is 6.92 Å². The number of para-hydroxylation sites is 1. The van der Waals surface area contributed by atoms with Gasteiger partial charge >= 0.3 is 5.97 Å². The van der Waals surface area contributed by atoms with Gasteiger partial charge in [0.05, 0.1) is 6.61 Å². The van der Waals surface area contributed by atoms with Crippen LogP contribution in [0.5, 0.6) is 5.75 Å². The fourth-order valence-electron chi connectivity index (χ4n) is 1.66. The summed E-state index contributed by atoms with van der Waals surface area (Å²) in [7, 11) is 0. The number of hydrogen-bond donors (Lipinski definition) is 1. The SMILES string of the molecule is CCCC(Oc1ccccc1CN)C(=O)OCC. The van der Waals surface area contributed by atoms with Crippen molar-refractivity contribution in [3.8, 4) is 5.75 Å². The fourth-order valence-corrected chi connectivity index (χ4v) is 1.66. The number of carbonyl (C=O) groups is 1. The van der Waals surface area contributed by atoms with Crippen molar-refractivity contribution in [2.75, 3.05) is 6.61 Å². The average Bonchev–Trinajstić information content (AvgIpc) is 2.39. The highest BCUT2D eigenvalue weighted by molar-refractivity contribution is 5.75. The standard InChI is InChI=1S/C14H21NO3/c1-3-7-13(14(16)17-4-2)18-12-9-6-5-8-11(12)10-15/h5-6,8-9,13H,3-4,7,10,15H2,1-2H3. The van der Waals surface area contributed by atoms with Gasteiger partial charge in [0.2, 0.25) is 0 Å². The minimum absolute atomic E-state index is 0.314. The zero-order valence-electron chi connectivity index (χ0n) is 11.0. The van der Waals surface area contributed by atoms with Crippen LogP contribution in [-0.4, -0.2) is 18.7 Å². The maximum absolute atomic E-state index is 11.8. The van der Waals surface area contributed by atoms with E-state index in [0.29, 0.717) is 25.3 Å². The molecule has 0 aromatic heterocycles. The average molecular weight is 251 g/mol. The number of esters is 1. The molecule has 1 atom stereocenters. The summed E-state index contributed by atoms with van der Waals surface area (Å²) in [5.41, 5.74) is 6.53. The molecule has 0 saturated carbocycles. The van der Waals surface area contributed by atoms with Crippen molar-refractivity contribution in [2.45, 2.75) is 39.3 Å². The van der Waals surface area contributed by atoms with Crippen LogP contribution < -0.4 is 10.5 Å². The van der Waals surface area contributed by atoms with Gasteiger partial charge in [0, 0.05) is 12.1 Å². The molecule has 0 aliphatic heterocycles. The third kappa shape index (κ3) is 4.04. The van der Waals surface area contributed by atoms with Crippen LogP contribution in [0, 0.1) is 0 Å². The Hall–Kier alpha value is -1.55. The van der Waals surface area contributed by atoms with E-state index in [2.05, 4.69) is 0 Å². The maximum atomic E-state index is 11.8. The first-order valence-corrected chi connectivity index (χ1v) is 6.34. The first-order chi connectivity index (χ1) is 8.72. The minimum atomic E-state index is -0.553. The minimum Gasteiger partial charge on any atom is -0.478 e. The number of rotatable bonds is 7. The van der Waals surface area contributed by atoms with Crippen LogP contribution in [0.15, 0.2) is 24.3 Å². The lowest BCUT2D eigenvalue weighted by Crippen LogP contribution is -2.29. The Kier molecular flexibility index (Phi) is 6.22. The highest BCUT2D eigenvalue weighted by Gasteiger charge is 2.21. The molecule has 2 N–H and O–H groups in total. The van der Waals surface area contributed by atoms with Gasteiger partial charge in [0.25, 0.3) is 0 Å². The summed E-state index contributed by atoms with van der Waals surface area (Å²) in [6, 6.07) is 7.48. The van der Waals surface area contributed by atoms with Crippen LogP contribution in [0.25, 0.3) is 0 Å². The zero-order valence-corrected chi connectivity index (χ0v) is 11.0. The van der Waals surface area contributed by atoms with E-state index < -0.39 is 6.10 Å². The van der Waals surface area contributed by atoms with Crippen LogP contribution in [0.1, 0.15) is 32.3 Å². The predicted octanol–water partition coefficient (Wildman–Crippen LogP) is 2.26. The van der Waals surface area contributed by atoms with Gasteiger partial charge in [-0.25, -0.2) is 4.79 Å². The van der Waals surface area contributed by atoms with E-state index in [4.69, 9.17) is 15.2 Å². The number of carbonyl (C=O) groups excluding carboxylic acids is 1. The molecule has 0 radical (unpaired) electrons. The molecule has 4 heteroatoms. The molecule has 4 nitrogen and oxygen atoms in total. The highest BCUT2D eigenvalue weighted by Crippen LogP contribution is 2.20. The predicted molar refractivity (Wildman–Crippen MR) is 70.3 cm³/mol. The Bertz CT molecular complexity index is 379. The van der Waals surface area contributed by atoms with Gasteiger partial charge in [0.1, 0.15) is 5.75 Å². The molecule has 0 aliphatic carbocycles. The maximum Gasteiger partial charge on any atom is 0.347 e. The summed E-state index contributed by atoms with van der Waals surface area (Å²) in [6.45, 7) is 4.54. The number of ether oxygens (including phenoxy) is 2. The molecular weight excluding hydrogens is 230 g/mol. The molecule has 0 heterocycles. The first-order valence-electron chi connectivity index (χ1n) is 6.34. The topological polar surface area (TPSA) is 61.5 Å². The van der Waals surface area contributed by atoms with Crippen molar-refractivity contribution in [3.05, 3.63) is 29.8 Å². The summed E-state index contributed by atoms with van der Waals surface area (Å²) in [5.74, 6) is 0.345. The zero-order chi connectivity index (χ0) is 13.4. The number of benzene rings is 1. The molecule has 1 aromatic rings. The molecule has 0 amide bonds.